The summed E-state index contributed by atoms with van der Waals surface area (Å²) in [7, 11) is -2.17. The van der Waals surface area contributed by atoms with Crippen molar-refractivity contribution in [3.05, 3.63) is 28.8 Å². The lowest BCUT2D eigenvalue weighted by molar-refractivity contribution is 0.0679. The first-order chi connectivity index (χ1) is 8.77. The Bertz CT molecular complexity index is 517. The number of ether oxygens (including phenoxy) is 1. The van der Waals surface area contributed by atoms with Gasteiger partial charge in [-0.15, -0.1) is 0 Å². The molecular weight excluding hydrogens is 266 g/mol. The molecule has 1 rings (SSSR count). The van der Waals surface area contributed by atoms with Crippen LogP contribution in [0.1, 0.15) is 16.7 Å². The predicted molar refractivity (Wildman–Crippen MR) is 73.7 cm³/mol. The van der Waals surface area contributed by atoms with Gasteiger partial charge in [0.25, 0.3) is 0 Å². The number of sulfonamides is 1. The summed E-state index contributed by atoms with van der Waals surface area (Å²) >= 11 is 0. The average Bonchev–Trinajstić information content (AvgIpc) is 2.25. The molecule has 1 aromatic rings. The number of hydrogen-bond acceptors (Lipinski definition) is 4. The van der Waals surface area contributed by atoms with E-state index in [4.69, 9.17) is 4.74 Å². The van der Waals surface area contributed by atoms with Crippen molar-refractivity contribution in [1.82, 2.24) is 4.72 Å². The minimum absolute atomic E-state index is 0.0665. The zero-order valence-corrected chi connectivity index (χ0v) is 12.5. The summed E-state index contributed by atoms with van der Waals surface area (Å²) in [5.41, 5.74) is 2.42. The Morgan fingerprint density at radius 1 is 1.26 bits per heavy atom. The quantitative estimate of drug-likeness (QED) is 0.815. The van der Waals surface area contributed by atoms with Crippen LogP contribution in [-0.2, 0) is 14.8 Å². The Morgan fingerprint density at radius 3 is 2.26 bits per heavy atom. The van der Waals surface area contributed by atoms with E-state index in [-0.39, 0.29) is 18.0 Å². The topological polar surface area (TPSA) is 75.6 Å². The first-order valence-electron chi connectivity index (χ1n) is 6.02. The molecule has 1 unspecified atom stereocenters. The fourth-order valence-electron chi connectivity index (χ4n) is 2.12. The highest BCUT2D eigenvalue weighted by atomic mass is 32.2. The summed E-state index contributed by atoms with van der Waals surface area (Å²) < 4.78 is 31.6. The number of benzene rings is 1. The van der Waals surface area contributed by atoms with E-state index in [1.54, 1.807) is 13.8 Å². The molecule has 0 spiro atoms. The molecule has 0 aliphatic rings. The maximum atomic E-state index is 12.2. The second-order valence-corrected chi connectivity index (χ2v) is 6.39. The van der Waals surface area contributed by atoms with Crippen LogP contribution in [0.25, 0.3) is 0 Å². The van der Waals surface area contributed by atoms with E-state index in [2.05, 4.69) is 4.72 Å². The van der Waals surface area contributed by atoms with E-state index in [1.165, 1.54) is 7.11 Å². The maximum absolute atomic E-state index is 12.2. The molecule has 0 aliphatic carbocycles. The lowest BCUT2D eigenvalue weighted by Crippen LogP contribution is -2.35. The first-order valence-corrected chi connectivity index (χ1v) is 7.50. The molecule has 0 saturated heterocycles. The third-order valence-electron chi connectivity index (χ3n) is 2.74. The Morgan fingerprint density at radius 2 is 1.79 bits per heavy atom. The van der Waals surface area contributed by atoms with Gasteiger partial charge in [0.05, 0.1) is 17.6 Å². The van der Waals surface area contributed by atoms with Gasteiger partial charge in [-0.05, 0) is 31.9 Å². The minimum atomic E-state index is -3.62. The number of aryl methyl sites for hydroxylation is 3. The van der Waals surface area contributed by atoms with E-state index >= 15 is 0 Å². The lowest BCUT2D eigenvalue weighted by Gasteiger charge is -2.15. The number of rotatable bonds is 6. The summed E-state index contributed by atoms with van der Waals surface area (Å²) in [6.45, 7) is 5.48. The molecule has 2 N–H and O–H groups in total. The normalized spacial score (nSPS) is 13.5. The molecule has 108 valence electrons. The van der Waals surface area contributed by atoms with Gasteiger partial charge >= 0.3 is 0 Å². The van der Waals surface area contributed by atoms with Gasteiger partial charge < -0.3 is 9.84 Å². The number of methoxy groups -OCH3 is 1. The molecular formula is C13H21NO4S. The van der Waals surface area contributed by atoms with Crippen molar-refractivity contribution in [3.8, 4) is 0 Å². The Kier molecular flexibility index (Phi) is 5.49. The van der Waals surface area contributed by atoms with Gasteiger partial charge in [0.15, 0.2) is 0 Å². The van der Waals surface area contributed by atoms with Crippen LogP contribution in [-0.4, -0.2) is 39.9 Å². The van der Waals surface area contributed by atoms with E-state index in [0.29, 0.717) is 11.1 Å². The molecule has 0 heterocycles. The Labute approximate surface area is 114 Å². The molecule has 6 heteroatoms. The van der Waals surface area contributed by atoms with Crippen LogP contribution in [0.2, 0.25) is 0 Å². The summed E-state index contributed by atoms with van der Waals surface area (Å²) in [5, 5.41) is 9.49. The first kappa shape index (κ1) is 16.1. The largest absolute Gasteiger partial charge is 0.389 e. The van der Waals surface area contributed by atoms with Gasteiger partial charge in [-0.25, -0.2) is 13.1 Å². The van der Waals surface area contributed by atoms with Crippen molar-refractivity contribution in [2.75, 3.05) is 20.3 Å². The van der Waals surface area contributed by atoms with Crippen LogP contribution < -0.4 is 4.72 Å². The SMILES string of the molecule is COCC(O)CNS(=O)(=O)c1c(C)cc(C)cc1C. The number of hydrogen-bond donors (Lipinski definition) is 2. The summed E-state index contributed by atoms with van der Waals surface area (Å²) in [5.74, 6) is 0. The molecule has 0 bridgehead atoms. The van der Waals surface area contributed by atoms with Gasteiger partial charge in [-0.3, -0.25) is 0 Å². The molecule has 1 aromatic carbocycles. The lowest BCUT2D eigenvalue weighted by atomic mass is 10.1. The van der Waals surface area contributed by atoms with Crippen molar-refractivity contribution >= 4 is 10.0 Å². The molecule has 5 nitrogen and oxygen atoms in total. The smallest absolute Gasteiger partial charge is 0.241 e. The highest BCUT2D eigenvalue weighted by Crippen LogP contribution is 2.21. The number of aliphatic hydroxyl groups is 1. The van der Waals surface area contributed by atoms with E-state index in [0.717, 1.165) is 5.56 Å². The minimum Gasteiger partial charge on any atom is -0.389 e. The van der Waals surface area contributed by atoms with Gasteiger partial charge in [0, 0.05) is 13.7 Å². The molecule has 1 atom stereocenters. The van der Waals surface area contributed by atoms with Gasteiger partial charge in [0.1, 0.15) is 0 Å². The van der Waals surface area contributed by atoms with Gasteiger partial charge in [-0.1, -0.05) is 17.7 Å². The molecule has 0 aliphatic heterocycles. The van der Waals surface area contributed by atoms with Crippen molar-refractivity contribution in [1.29, 1.82) is 0 Å². The second-order valence-electron chi connectivity index (χ2n) is 4.69. The van der Waals surface area contributed by atoms with Crippen LogP contribution >= 0.6 is 0 Å². The Hall–Kier alpha value is -0.950. The van der Waals surface area contributed by atoms with Crippen molar-refractivity contribution in [2.24, 2.45) is 0 Å². The van der Waals surface area contributed by atoms with Crippen LogP contribution in [0, 0.1) is 20.8 Å². The third kappa shape index (κ3) is 4.28. The molecule has 0 radical (unpaired) electrons. The van der Waals surface area contributed by atoms with Crippen molar-refractivity contribution < 1.29 is 18.3 Å². The molecule has 0 fully saturated rings. The summed E-state index contributed by atoms with van der Waals surface area (Å²) in [6.07, 6.45) is -0.856. The predicted octanol–water partition coefficient (Wildman–Crippen LogP) is 0.897. The van der Waals surface area contributed by atoms with E-state index in [1.807, 2.05) is 19.1 Å². The van der Waals surface area contributed by atoms with Crippen molar-refractivity contribution in [3.63, 3.8) is 0 Å². The standard InChI is InChI=1S/C13H21NO4S/c1-9-5-10(2)13(11(3)6-9)19(16,17)14-7-12(15)8-18-4/h5-6,12,14-15H,7-8H2,1-4H3. The summed E-state index contributed by atoms with van der Waals surface area (Å²) in [4.78, 5) is 0.280. The zero-order valence-electron chi connectivity index (χ0n) is 11.7. The van der Waals surface area contributed by atoms with Crippen LogP contribution in [0.4, 0.5) is 0 Å². The molecule has 0 saturated carbocycles. The van der Waals surface area contributed by atoms with E-state index < -0.39 is 16.1 Å². The number of aliphatic hydroxyl groups excluding tert-OH is 1. The molecule has 19 heavy (non-hydrogen) atoms. The molecule has 0 amide bonds. The van der Waals surface area contributed by atoms with Gasteiger partial charge in [0.2, 0.25) is 10.0 Å². The van der Waals surface area contributed by atoms with Crippen LogP contribution in [0.3, 0.4) is 0 Å². The highest BCUT2D eigenvalue weighted by molar-refractivity contribution is 7.89. The van der Waals surface area contributed by atoms with E-state index in [9.17, 15) is 13.5 Å². The fourth-order valence-corrected chi connectivity index (χ4v) is 3.64. The average molecular weight is 287 g/mol. The molecule has 0 aromatic heterocycles. The Balaban J connectivity index is 2.95. The maximum Gasteiger partial charge on any atom is 0.241 e. The van der Waals surface area contributed by atoms with Crippen molar-refractivity contribution in [2.45, 2.75) is 31.8 Å². The highest BCUT2D eigenvalue weighted by Gasteiger charge is 2.20. The van der Waals surface area contributed by atoms with Crippen LogP contribution in [0.5, 0.6) is 0 Å². The second kappa shape index (κ2) is 6.47. The zero-order chi connectivity index (χ0) is 14.6. The van der Waals surface area contributed by atoms with Gasteiger partial charge in [-0.2, -0.15) is 0 Å². The third-order valence-corrected chi connectivity index (χ3v) is 4.47. The summed E-state index contributed by atoms with van der Waals surface area (Å²) in [6, 6.07) is 3.65. The fraction of sp³-hybridized carbons (Fsp3) is 0.538. The number of nitrogens with one attached hydrogen (secondary N) is 1. The monoisotopic (exact) mass is 287 g/mol. The van der Waals surface area contributed by atoms with Crippen LogP contribution in [0.15, 0.2) is 17.0 Å².